The highest BCUT2D eigenvalue weighted by molar-refractivity contribution is 5.32. The van der Waals surface area contributed by atoms with Gasteiger partial charge in [-0.3, -0.25) is 0 Å². The number of fused-ring (bicyclic) bond motifs is 2. The van der Waals surface area contributed by atoms with Crippen LogP contribution in [0.25, 0.3) is 0 Å². The van der Waals surface area contributed by atoms with Gasteiger partial charge in [-0.15, -0.1) is 0 Å². The molecule has 18 heteroatoms. The lowest BCUT2D eigenvalue weighted by molar-refractivity contribution is -0.356. The number of ether oxygens (including phenoxy) is 6. The second-order valence-corrected chi connectivity index (χ2v) is 23.1. The fourth-order valence-corrected chi connectivity index (χ4v) is 15.4. The first-order chi connectivity index (χ1) is 29.8. The molecule has 0 radical (unpaired) electrons. The molecule has 8 rings (SSSR count). The van der Waals surface area contributed by atoms with E-state index in [2.05, 4.69) is 34.6 Å². The van der Waals surface area contributed by atoms with E-state index in [4.69, 9.17) is 28.4 Å². The quantitative estimate of drug-likeness (QED) is 0.105. The fraction of sp³-hybridized carbons (Fsp3) is 1.00. The maximum Gasteiger partial charge on any atom is 0.186 e. The molecule has 0 aromatic rings. The molecule has 8 aliphatic rings. The molecule has 0 amide bonds. The van der Waals surface area contributed by atoms with E-state index in [1.807, 2.05) is 0 Å². The van der Waals surface area contributed by atoms with Gasteiger partial charge in [-0.1, -0.05) is 34.6 Å². The van der Waals surface area contributed by atoms with E-state index in [9.17, 15) is 61.3 Å². The summed E-state index contributed by atoms with van der Waals surface area (Å²) < 4.78 is 36.8. The van der Waals surface area contributed by atoms with E-state index in [1.165, 1.54) is 0 Å². The van der Waals surface area contributed by atoms with Gasteiger partial charge in [-0.2, -0.15) is 0 Å². The summed E-state index contributed by atoms with van der Waals surface area (Å²) >= 11 is 0. The van der Waals surface area contributed by atoms with Crippen LogP contribution in [-0.2, 0) is 28.4 Å². The summed E-state index contributed by atoms with van der Waals surface area (Å²) in [7, 11) is 0. The Morgan fingerprint density at radius 3 is 1.98 bits per heavy atom. The van der Waals surface area contributed by atoms with Crippen LogP contribution < -0.4 is 0 Å². The predicted molar refractivity (Wildman–Crippen MR) is 222 cm³/mol. The summed E-state index contributed by atoms with van der Waals surface area (Å²) in [5.41, 5.74) is -2.98. The van der Waals surface area contributed by atoms with Crippen LogP contribution in [0.3, 0.4) is 0 Å². The van der Waals surface area contributed by atoms with Gasteiger partial charge in [0.25, 0.3) is 0 Å². The normalized spacial score (nSPS) is 54.5. The van der Waals surface area contributed by atoms with Gasteiger partial charge >= 0.3 is 0 Å². The van der Waals surface area contributed by atoms with Crippen LogP contribution in [0, 0.1) is 50.7 Å². The van der Waals surface area contributed by atoms with Crippen LogP contribution in [0.4, 0.5) is 0 Å². The molecular formula is C46H78O18. The van der Waals surface area contributed by atoms with E-state index >= 15 is 0 Å². The molecule has 18 nitrogen and oxygen atoms in total. The molecule has 2 spiro atoms. The molecule has 5 saturated carbocycles. The molecule has 3 heterocycles. The summed E-state index contributed by atoms with van der Waals surface area (Å²) in [4.78, 5) is 0. The monoisotopic (exact) mass is 919 g/mol. The first-order valence-electron chi connectivity index (χ1n) is 23.8. The highest BCUT2D eigenvalue weighted by Gasteiger charge is 2.84. The van der Waals surface area contributed by atoms with Crippen molar-refractivity contribution in [2.75, 3.05) is 19.8 Å². The molecule has 25 atom stereocenters. The Morgan fingerprint density at radius 1 is 0.688 bits per heavy atom. The van der Waals surface area contributed by atoms with E-state index < -0.39 is 127 Å². The molecule has 370 valence electrons. The SMILES string of the molecule is C[C@H](CC[C@H](O)C(C)(C)O)[C@@H]1[C@H](O[C@@H]2O[C@H](CO)[C@@H](O)[C@H](O)[C@@H]2O)C[C@@]2(C)[C@@H]3C[C@H](O)[C@@H]4C(C)(C)[C@H](O[C@@H]5OC[C@@H](O)[C@H](O)[C@@H]5O[C@@H]5OC[C@H](O)[C@H](O)[C@H]5O)CC[C@@]45C[C@@]35CC[C@]12C. The van der Waals surface area contributed by atoms with Crippen molar-refractivity contribution >= 4 is 0 Å². The van der Waals surface area contributed by atoms with E-state index in [-0.39, 0.29) is 53.1 Å². The lowest BCUT2D eigenvalue weighted by Gasteiger charge is -2.64. The summed E-state index contributed by atoms with van der Waals surface area (Å²) in [5.74, 6) is -0.269. The van der Waals surface area contributed by atoms with Crippen molar-refractivity contribution in [3.05, 3.63) is 0 Å². The van der Waals surface area contributed by atoms with Gasteiger partial charge < -0.3 is 89.7 Å². The van der Waals surface area contributed by atoms with Crippen molar-refractivity contribution < 1.29 is 89.7 Å². The number of rotatable bonds is 12. The van der Waals surface area contributed by atoms with Crippen LogP contribution in [0.1, 0.15) is 106 Å². The Balaban J connectivity index is 1.05. The van der Waals surface area contributed by atoms with Crippen LogP contribution in [-0.4, -0.2) is 191 Å². The molecule has 8 fully saturated rings. The summed E-state index contributed by atoms with van der Waals surface area (Å²) in [6, 6.07) is 0. The topological polar surface area (TPSA) is 298 Å². The molecule has 3 aliphatic heterocycles. The van der Waals surface area contributed by atoms with Crippen LogP contribution in [0.5, 0.6) is 0 Å². The first kappa shape index (κ1) is 49.7. The van der Waals surface area contributed by atoms with E-state index in [0.717, 1.165) is 25.7 Å². The van der Waals surface area contributed by atoms with Gasteiger partial charge in [0.1, 0.15) is 61.0 Å². The predicted octanol–water partition coefficient (Wildman–Crippen LogP) is -0.973. The second kappa shape index (κ2) is 17.3. The van der Waals surface area contributed by atoms with Crippen LogP contribution >= 0.6 is 0 Å². The summed E-state index contributed by atoms with van der Waals surface area (Å²) in [6.45, 7) is 13.0. The van der Waals surface area contributed by atoms with Gasteiger partial charge in [0.05, 0.1) is 49.8 Å². The molecular weight excluding hydrogens is 840 g/mol. The van der Waals surface area contributed by atoms with Crippen LogP contribution in [0.2, 0.25) is 0 Å². The average Bonchev–Trinajstić information content (AvgIpc) is 3.81. The molecule has 0 aromatic carbocycles. The van der Waals surface area contributed by atoms with Crippen molar-refractivity contribution in [2.24, 2.45) is 50.7 Å². The Kier molecular flexibility index (Phi) is 13.4. The molecule has 0 unspecified atom stereocenters. The Hall–Kier alpha value is -0.720. The lowest BCUT2D eigenvalue weighted by atomic mass is 9.41. The summed E-state index contributed by atoms with van der Waals surface area (Å²) in [5, 5.41) is 129. The zero-order chi connectivity index (χ0) is 46.9. The number of hydrogen-bond donors (Lipinski definition) is 12. The Bertz CT molecular complexity index is 1650. The van der Waals surface area contributed by atoms with E-state index in [1.54, 1.807) is 13.8 Å². The van der Waals surface area contributed by atoms with Crippen molar-refractivity contribution in [1.82, 2.24) is 0 Å². The van der Waals surface area contributed by atoms with Gasteiger partial charge in [0.2, 0.25) is 0 Å². The zero-order valence-electron chi connectivity index (χ0n) is 38.4. The van der Waals surface area contributed by atoms with Crippen molar-refractivity contribution in [2.45, 2.75) is 216 Å². The maximum absolute atomic E-state index is 12.6. The molecule has 5 aliphatic carbocycles. The largest absolute Gasteiger partial charge is 0.394 e. The van der Waals surface area contributed by atoms with Crippen molar-refractivity contribution in [3.63, 3.8) is 0 Å². The van der Waals surface area contributed by atoms with Gasteiger partial charge in [0, 0.05) is 0 Å². The minimum absolute atomic E-state index is 0.0345. The van der Waals surface area contributed by atoms with Gasteiger partial charge in [-0.25, -0.2) is 0 Å². The number of hydrogen-bond acceptors (Lipinski definition) is 18. The highest BCUT2D eigenvalue weighted by Crippen LogP contribution is 2.89. The average molecular weight is 919 g/mol. The smallest absolute Gasteiger partial charge is 0.186 e. The van der Waals surface area contributed by atoms with Crippen molar-refractivity contribution in [3.8, 4) is 0 Å². The second-order valence-electron chi connectivity index (χ2n) is 23.1. The molecule has 64 heavy (non-hydrogen) atoms. The number of aliphatic hydroxyl groups is 12. The third-order valence-electron chi connectivity index (χ3n) is 19.0. The molecule has 0 bridgehead atoms. The molecule has 0 aromatic heterocycles. The van der Waals surface area contributed by atoms with Crippen molar-refractivity contribution in [1.29, 1.82) is 0 Å². The van der Waals surface area contributed by atoms with E-state index in [0.29, 0.717) is 32.1 Å². The standard InChI is InChI=1S/C46H78O18/c1-20(8-9-27(51)42(4,5)58)29-24(61-39-35(57)33(55)32(54)25(16-47)62-39)15-44(7)26-14-21(48)37-41(2,3)28(10-11-46(37)19-45(26,46)13-12-43(29,44)6)63-40-36(31(53)23(50)18-60-40)64-38-34(56)30(52)22(49)17-59-38/h20-40,47-58H,8-19H2,1-7H3/t20-,21+,22+,23-,24-,25-,26+,27+,28-,29-,30+,31+,32-,33+,34-,35+,36+,37-,38+,39-,40+,43-,44+,45+,46-/m1/s1. The van der Waals surface area contributed by atoms with Gasteiger partial charge in [0.15, 0.2) is 18.9 Å². The Labute approximate surface area is 375 Å². The highest BCUT2D eigenvalue weighted by atomic mass is 16.8. The minimum atomic E-state index is -1.64. The first-order valence-corrected chi connectivity index (χ1v) is 23.8. The third-order valence-corrected chi connectivity index (χ3v) is 19.0. The summed E-state index contributed by atoms with van der Waals surface area (Å²) in [6.07, 6.45) is -15.1. The lowest BCUT2D eigenvalue weighted by Crippen LogP contribution is -2.63. The number of aliphatic hydroxyl groups excluding tert-OH is 11. The molecule has 12 N–H and O–H groups in total. The Morgan fingerprint density at radius 2 is 1.33 bits per heavy atom. The zero-order valence-corrected chi connectivity index (χ0v) is 38.4. The maximum atomic E-state index is 12.6. The molecule has 3 saturated heterocycles. The third kappa shape index (κ3) is 7.68. The van der Waals surface area contributed by atoms with Gasteiger partial charge in [-0.05, 0) is 122 Å². The fourth-order valence-electron chi connectivity index (χ4n) is 15.4. The van der Waals surface area contributed by atoms with Crippen LogP contribution in [0.15, 0.2) is 0 Å². The minimum Gasteiger partial charge on any atom is -0.394 e.